The van der Waals surface area contributed by atoms with Gasteiger partial charge in [0.25, 0.3) is 0 Å². The van der Waals surface area contributed by atoms with Crippen LogP contribution in [0.5, 0.6) is 0 Å². The van der Waals surface area contributed by atoms with Crippen LogP contribution in [0.1, 0.15) is 33.1 Å². The van der Waals surface area contributed by atoms with Crippen LogP contribution in [-0.4, -0.2) is 67.7 Å². The third-order valence-electron chi connectivity index (χ3n) is 3.52. The van der Waals surface area contributed by atoms with Crippen molar-refractivity contribution in [2.24, 2.45) is 0 Å². The van der Waals surface area contributed by atoms with Gasteiger partial charge in [0.2, 0.25) is 5.91 Å². The van der Waals surface area contributed by atoms with Gasteiger partial charge >= 0.3 is 0 Å². The number of carbonyl (C=O) groups excluding carboxylic acids is 1. The topological polar surface area (TPSA) is 86.3 Å². The minimum absolute atomic E-state index is 0.172. The van der Waals surface area contributed by atoms with Crippen molar-refractivity contribution in [3.05, 3.63) is 0 Å². The van der Waals surface area contributed by atoms with Crippen molar-refractivity contribution >= 4 is 27.6 Å². The molecule has 0 saturated heterocycles. The largest absolute Gasteiger partial charge is 0.748 e. The second-order valence-electron chi connectivity index (χ2n) is 6.16. The number of amides is 1. The highest BCUT2D eigenvalue weighted by molar-refractivity contribution is 7.85. The molecule has 0 aromatic heterocycles. The minimum Gasteiger partial charge on any atom is -0.748 e. The summed E-state index contributed by atoms with van der Waals surface area (Å²) in [7, 11) is -0.196. The molecule has 0 heterocycles. The number of halogens is 1. The molecule has 0 aliphatic rings. The van der Waals surface area contributed by atoms with Gasteiger partial charge in [-0.2, -0.15) is 0 Å². The second kappa shape index (κ2) is 8.31. The molecule has 6 nitrogen and oxygen atoms in total. The van der Waals surface area contributed by atoms with E-state index in [1.165, 1.54) is 0 Å². The van der Waals surface area contributed by atoms with Crippen molar-refractivity contribution in [3.8, 4) is 0 Å². The molecule has 0 radical (unpaired) electrons. The normalized spacial score (nSPS) is 15.5. The highest BCUT2D eigenvalue weighted by Crippen LogP contribution is 2.18. The number of alkyl halides is 1. The summed E-state index contributed by atoms with van der Waals surface area (Å²) in [6, 6.07) is 0. The summed E-state index contributed by atoms with van der Waals surface area (Å²) in [6.07, 6.45) is 1.67. The quantitative estimate of drug-likeness (QED) is 0.277. The fourth-order valence-corrected chi connectivity index (χ4v) is 2.38. The maximum atomic E-state index is 11.8. The first-order chi connectivity index (χ1) is 9.40. The minimum atomic E-state index is -4.13. The van der Waals surface area contributed by atoms with Crippen LogP contribution >= 0.6 is 11.6 Å². The van der Waals surface area contributed by atoms with Crippen LogP contribution in [0.25, 0.3) is 0 Å². The lowest BCUT2D eigenvalue weighted by Gasteiger charge is -2.30. The van der Waals surface area contributed by atoms with E-state index in [9.17, 15) is 17.8 Å². The molecule has 0 bridgehead atoms. The van der Waals surface area contributed by atoms with Gasteiger partial charge in [-0.15, -0.1) is 11.6 Å². The van der Waals surface area contributed by atoms with Crippen molar-refractivity contribution in [2.75, 3.05) is 39.5 Å². The summed E-state index contributed by atoms with van der Waals surface area (Å²) in [6.45, 7) is 5.47. The summed E-state index contributed by atoms with van der Waals surface area (Å²) in [5, 5.41) is 2.80. The molecule has 0 rings (SSSR count). The lowest BCUT2D eigenvalue weighted by molar-refractivity contribution is -0.890. The Kier molecular flexibility index (Phi) is 8.17. The average molecular weight is 343 g/mol. The van der Waals surface area contributed by atoms with E-state index in [2.05, 4.69) is 5.32 Å². The molecule has 1 amide bonds. The van der Waals surface area contributed by atoms with E-state index in [1.807, 2.05) is 21.0 Å². The zero-order valence-corrected chi connectivity index (χ0v) is 14.9. The van der Waals surface area contributed by atoms with Crippen LogP contribution < -0.4 is 5.32 Å². The molecule has 1 unspecified atom stereocenters. The van der Waals surface area contributed by atoms with Crippen molar-refractivity contribution in [2.45, 2.75) is 38.0 Å². The molecular weight excluding hydrogens is 316 g/mol. The van der Waals surface area contributed by atoms with E-state index >= 15 is 0 Å². The molecule has 0 aliphatic heterocycles. The Morgan fingerprint density at radius 2 is 1.81 bits per heavy atom. The first kappa shape index (κ1) is 20.6. The molecule has 0 aromatic carbocycles. The Morgan fingerprint density at radius 1 is 1.29 bits per heavy atom. The zero-order chi connectivity index (χ0) is 16.7. The van der Waals surface area contributed by atoms with E-state index in [0.717, 1.165) is 13.0 Å². The van der Waals surface area contributed by atoms with Crippen LogP contribution in [-0.2, 0) is 14.9 Å². The van der Waals surface area contributed by atoms with Crippen LogP contribution in [0.3, 0.4) is 0 Å². The lowest BCUT2D eigenvalue weighted by atomic mass is 10.1. The molecule has 21 heavy (non-hydrogen) atoms. The molecule has 1 N–H and O–H groups in total. The smallest absolute Gasteiger partial charge is 0.240 e. The summed E-state index contributed by atoms with van der Waals surface area (Å²) >= 11 is 6.05. The van der Waals surface area contributed by atoms with Gasteiger partial charge in [-0.05, 0) is 13.3 Å². The standard InChI is InChI=1S/C13H27ClN2O4S/c1-5-13(2,14)12(17)15-8-6-9-16(3,4)10-7-11-21(18,19)20/h5-11H2,1-4H3,(H-,15,17,18,19,20). The monoisotopic (exact) mass is 342 g/mol. The van der Waals surface area contributed by atoms with Gasteiger partial charge in [0.1, 0.15) is 4.87 Å². The third kappa shape index (κ3) is 10.1. The number of nitrogens with one attached hydrogen (secondary N) is 1. The Bertz CT molecular complexity index is 435. The summed E-state index contributed by atoms with van der Waals surface area (Å²) in [5.41, 5.74) is 0. The van der Waals surface area contributed by atoms with E-state index in [1.54, 1.807) is 6.92 Å². The van der Waals surface area contributed by atoms with Gasteiger partial charge in [-0.1, -0.05) is 6.92 Å². The number of rotatable bonds is 10. The molecule has 0 aliphatic carbocycles. The van der Waals surface area contributed by atoms with E-state index in [0.29, 0.717) is 30.4 Å². The van der Waals surface area contributed by atoms with Crippen LogP contribution in [0.4, 0.5) is 0 Å². The molecule has 0 spiro atoms. The molecule has 8 heteroatoms. The van der Waals surface area contributed by atoms with E-state index in [-0.39, 0.29) is 11.7 Å². The Hall–Kier alpha value is -0.370. The average Bonchev–Trinajstić information content (AvgIpc) is 2.32. The van der Waals surface area contributed by atoms with Crippen molar-refractivity contribution in [3.63, 3.8) is 0 Å². The second-order valence-corrected chi connectivity index (χ2v) is 8.52. The van der Waals surface area contributed by atoms with Crippen molar-refractivity contribution in [1.29, 1.82) is 0 Å². The zero-order valence-electron chi connectivity index (χ0n) is 13.3. The number of carbonyl (C=O) groups is 1. The summed E-state index contributed by atoms with van der Waals surface area (Å²) < 4.78 is 32.3. The molecule has 126 valence electrons. The number of hydrogen-bond donors (Lipinski definition) is 1. The first-order valence-electron chi connectivity index (χ1n) is 7.12. The summed E-state index contributed by atoms with van der Waals surface area (Å²) in [5.74, 6) is -0.499. The third-order valence-corrected chi connectivity index (χ3v) is 4.75. The Balaban J connectivity index is 3.97. The van der Waals surface area contributed by atoms with Crippen LogP contribution in [0.2, 0.25) is 0 Å². The van der Waals surface area contributed by atoms with E-state index < -0.39 is 15.0 Å². The summed E-state index contributed by atoms with van der Waals surface area (Å²) in [4.78, 5) is 10.9. The highest BCUT2D eigenvalue weighted by Gasteiger charge is 2.27. The van der Waals surface area contributed by atoms with Crippen LogP contribution in [0.15, 0.2) is 0 Å². The maximum Gasteiger partial charge on any atom is 0.240 e. The Labute approximate surface area is 133 Å². The maximum absolute atomic E-state index is 11.8. The highest BCUT2D eigenvalue weighted by atomic mass is 35.5. The molecule has 0 fully saturated rings. The van der Waals surface area contributed by atoms with Gasteiger partial charge in [0, 0.05) is 25.1 Å². The van der Waals surface area contributed by atoms with Crippen molar-refractivity contribution in [1.82, 2.24) is 5.32 Å². The number of hydrogen-bond acceptors (Lipinski definition) is 4. The number of nitrogens with zero attached hydrogens (tertiary/aromatic N) is 1. The number of quaternary nitrogens is 1. The van der Waals surface area contributed by atoms with Gasteiger partial charge in [-0.3, -0.25) is 4.79 Å². The molecule has 0 saturated carbocycles. The first-order valence-corrected chi connectivity index (χ1v) is 9.08. The predicted octanol–water partition coefficient (Wildman–Crippen LogP) is 0.912. The van der Waals surface area contributed by atoms with Crippen LogP contribution in [0, 0.1) is 0 Å². The molecule has 0 aromatic rings. The lowest BCUT2D eigenvalue weighted by Crippen LogP contribution is -2.44. The Morgan fingerprint density at radius 3 is 2.29 bits per heavy atom. The SMILES string of the molecule is CCC(C)(Cl)C(=O)NCCC[N+](C)(C)CCCS(=O)(=O)[O-]. The fourth-order valence-electron chi connectivity index (χ4n) is 1.84. The van der Waals surface area contributed by atoms with E-state index in [4.69, 9.17) is 11.6 Å². The fraction of sp³-hybridized carbons (Fsp3) is 0.923. The van der Waals surface area contributed by atoms with Gasteiger partial charge < -0.3 is 14.4 Å². The molecule has 1 atom stereocenters. The predicted molar refractivity (Wildman–Crippen MR) is 83.2 cm³/mol. The van der Waals surface area contributed by atoms with Gasteiger partial charge in [-0.25, -0.2) is 8.42 Å². The van der Waals surface area contributed by atoms with Gasteiger partial charge in [0.15, 0.2) is 0 Å². The molecular formula is C13H27ClN2O4S. The van der Waals surface area contributed by atoms with Crippen molar-refractivity contribution < 1.29 is 22.2 Å². The van der Waals surface area contributed by atoms with Gasteiger partial charge in [0.05, 0.1) is 37.3 Å².